The molecule has 0 aliphatic rings. The van der Waals surface area contributed by atoms with Crippen molar-refractivity contribution in [3.8, 4) is 34.1 Å². The molecule has 4 aromatic rings. The molecule has 0 saturated carbocycles. The predicted octanol–water partition coefficient (Wildman–Crippen LogP) is 8.14. The first kappa shape index (κ1) is 24.8. The minimum Gasteiger partial charge on any atom is -0.453 e. The van der Waals surface area contributed by atoms with Gasteiger partial charge in [0, 0.05) is 16.8 Å². The highest BCUT2D eigenvalue weighted by atomic mass is 19.4. The van der Waals surface area contributed by atoms with Crippen LogP contribution in [0.2, 0.25) is 0 Å². The number of nitrogens with two attached hydrogens (primary N) is 2. The summed E-state index contributed by atoms with van der Waals surface area (Å²) in [6.07, 6.45) is -10.6. The Hall–Kier alpha value is -4.34. The lowest BCUT2D eigenvalue weighted by Crippen LogP contribution is -2.17. The number of nitrogen functional groups attached to an aromatic ring is 2. The second-order valence-electron chi connectivity index (χ2n) is 7.66. The summed E-state index contributed by atoms with van der Waals surface area (Å²) in [5, 5.41) is 0. The van der Waals surface area contributed by atoms with Crippen LogP contribution in [0.5, 0.6) is 23.0 Å². The van der Waals surface area contributed by atoms with Crippen molar-refractivity contribution in [3.05, 3.63) is 96.1 Å². The van der Waals surface area contributed by atoms with Gasteiger partial charge in [-0.2, -0.15) is 26.3 Å². The molecule has 0 bridgehead atoms. The molecular formula is C26H18F6N2O2. The largest absolute Gasteiger partial charge is 0.453 e. The van der Waals surface area contributed by atoms with Crippen LogP contribution in [-0.2, 0) is 12.4 Å². The zero-order chi connectivity index (χ0) is 26.1. The fourth-order valence-corrected chi connectivity index (χ4v) is 3.54. The first-order chi connectivity index (χ1) is 16.9. The van der Waals surface area contributed by atoms with Crippen molar-refractivity contribution in [2.45, 2.75) is 12.4 Å². The van der Waals surface area contributed by atoms with Crippen molar-refractivity contribution in [2.75, 3.05) is 11.5 Å². The van der Waals surface area contributed by atoms with Gasteiger partial charge >= 0.3 is 12.4 Å². The van der Waals surface area contributed by atoms with Gasteiger partial charge in [-0.15, -0.1) is 0 Å². The van der Waals surface area contributed by atoms with Crippen LogP contribution in [0.15, 0.2) is 84.9 Å². The van der Waals surface area contributed by atoms with E-state index in [1.807, 2.05) is 0 Å². The maximum Gasteiger partial charge on any atom is 0.417 e. The molecular weight excluding hydrogens is 486 g/mol. The highest BCUT2D eigenvalue weighted by Crippen LogP contribution is 2.48. The molecule has 0 fully saturated rings. The summed E-state index contributed by atoms with van der Waals surface area (Å²) in [5.74, 6) is 0.856. The van der Waals surface area contributed by atoms with Crippen LogP contribution in [0.25, 0.3) is 11.1 Å². The summed E-state index contributed by atoms with van der Waals surface area (Å²) in [7, 11) is 0. The van der Waals surface area contributed by atoms with Gasteiger partial charge in [0.2, 0.25) is 0 Å². The maximum absolute atomic E-state index is 13.6. The van der Waals surface area contributed by atoms with Crippen molar-refractivity contribution in [1.29, 1.82) is 0 Å². The van der Waals surface area contributed by atoms with E-state index in [2.05, 4.69) is 0 Å². The SMILES string of the molecule is Nc1cc(C(F)(F)F)c(C(F)(F)F)cc1-c1ccc(Oc2ccccc2)c(Oc2ccccc2)c1N. The number of hydrogen-bond donors (Lipinski definition) is 2. The molecule has 0 aliphatic carbocycles. The lowest BCUT2D eigenvalue weighted by Gasteiger charge is -2.21. The number of alkyl halides is 6. The van der Waals surface area contributed by atoms with Crippen LogP contribution in [0, 0.1) is 0 Å². The first-order valence-electron chi connectivity index (χ1n) is 10.4. The highest BCUT2D eigenvalue weighted by molar-refractivity contribution is 5.89. The van der Waals surface area contributed by atoms with Crippen molar-refractivity contribution < 1.29 is 35.8 Å². The Morgan fingerprint density at radius 1 is 0.556 bits per heavy atom. The molecule has 4 N–H and O–H groups in total. The van der Waals surface area contributed by atoms with Gasteiger partial charge in [-0.3, -0.25) is 0 Å². The molecule has 0 aliphatic heterocycles. The number of halogens is 6. The molecule has 186 valence electrons. The minimum atomic E-state index is -5.29. The maximum atomic E-state index is 13.6. The Labute approximate surface area is 201 Å². The topological polar surface area (TPSA) is 70.5 Å². The third-order valence-corrected chi connectivity index (χ3v) is 5.18. The van der Waals surface area contributed by atoms with E-state index in [4.69, 9.17) is 20.9 Å². The van der Waals surface area contributed by atoms with E-state index in [0.29, 0.717) is 17.6 Å². The van der Waals surface area contributed by atoms with Crippen LogP contribution in [0.1, 0.15) is 11.1 Å². The third-order valence-electron chi connectivity index (χ3n) is 5.18. The van der Waals surface area contributed by atoms with E-state index in [1.54, 1.807) is 60.7 Å². The van der Waals surface area contributed by atoms with Gasteiger partial charge in [0.1, 0.15) is 11.5 Å². The van der Waals surface area contributed by atoms with Crippen LogP contribution < -0.4 is 20.9 Å². The van der Waals surface area contributed by atoms with E-state index < -0.39 is 29.2 Å². The van der Waals surface area contributed by atoms with Crippen LogP contribution in [0.4, 0.5) is 37.7 Å². The van der Waals surface area contributed by atoms with Gasteiger partial charge in [0.15, 0.2) is 11.5 Å². The average Bonchev–Trinajstić information content (AvgIpc) is 2.82. The van der Waals surface area contributed by atoms with Gasteiger partial charge < -0.3 is 20.9 Å². The van der Waals surface area contributed by atoms with Crippen LogP contribution >= 0.6 is 0 Å². The Morgan fingerprint density at radius 2 is 1.06 bits per heavy atom. The van der Waals surface area contributed by atoms with Gasteiger partial charge in [-0.25, -0.2) is 0 Å². The molecule has 4 nitrogen and oxygen atoms in total. The quantitative estimate of drug-likeness (QED) is 0.213. The van der Waals surface area contributed by atoms with E-state index in [-0.39, 0.29) is 34.4 Å². The number of hydrogen-bond acceptors (Lipinski definition) is 4. The molecule has 0 aromatic heterocycles. The van der Waals surface area contributed by atoms with Gasteiger partial charge in [-0.1, -0.05) is 36.4 Å². The second-order valence-corrected chi connectivity index (χ2v) is 7.66. The van der Waals surface area contributed by atoms with Gasteiger partial charge in [-0.05, 0) is 48.5 Å². The van der Waals surface area contributed by atoms with Crippen molar-refractivity contribution >= 4 is 11.4 Å². The summed E-state index contributed by atoms with van der Waals surface area (Å²) in [4.78, 5) is 0. The van der Waals surface area contributed by atoms with Crippen molar-refractivity contribution in [3.63, 3.8) is 0 Å². The van der Waals surface area contributed by atoms with Crippen LogP contribution in [0.3, 0.4) is 0 Å². The Bertz CT molecular complexity index is 1370. The van der Waals surface area contributed by atoms with Gasteiger partial charge in [0.25, 0.3) is 0 Å². The van der Waals surface area contributed by atoms with E-state index in [1.165, 1.54) is 12.1 Å². The molecule has 4 aromatic carbocycles. The Morgan fingerprint density at radius 3 is 1.58 bits per heavy atom. The number of anilines is 2. The zero-order valence-corrected chi connectivity index (χ0v) is 18.3. The molecule has 0 unspecified atom stereocenters. The molecule has 4 rings (SSSR count). The molecule has 0 spiro atoms. The lowest BCUT2D eigenvalue weighted by atomic mass is 9.95. The van der Waals surface area contributed by atoms with Crippen molar-refractivity contribution in [2.24, 2.45) is 0 Å². The average molecular weight is 504 g/mol. The number of para-hydroxylation sites is 2. The molecule has 0 atom stereocenters. The number of ether oxygens (including phenoxy) is 2. The molecule has 36 heavy (non-hydrogen) atoms. The third kappa shape index (κ3) is 5.17. The predicted molar refractivity (Wildman–Crippen MR) is 124 cm³/mol. The Balaban J connectivity index is 1.90. The highest BCUT2D eigenvalue weighted by Gasteiger charge is 2.43. The smallest absolute Gasteiger partial charge is 0.417 e. The minimum absolute atomic E-state index is 0.0459. The first-order valence-corrected chi connectivity index (χ1v) is 10.4. The van der Waals surface area contributed by atoms with Crippen molar-refractivity contribution in [1.82, 2.24) is 0 Å². The number of benzene rings is 4. The molecule has 0 saturated heterocycles. The monoisotopic (exact) mass is 504 g/mol. The zero-order valence-electron chi connectivity index (χ0n) is 18.3. The second kappa shape index (κ2) is 9.37. The summed E-state index contributed by atoms with van der Waals surface area (Å²) >= 11 is 0. The lowest BCUT2D eigenvalue weighted by molar-refractivity contribution is -0.162. The molecule has 0 radical (unpaired) electrons. The molecule has 0 amide bonds. The van der Waals surface area contributed by atoms with E-state index in [9.17, 15) is 26.3 Å². The standard InChI is InChI=1S/C26H18F6N2O2/c27-25(28,29)19-13-18(21(33)14-20(19)26(30,31)32)17-11-12-22(35-15-7-3-1-4-8-15)24(23(17)34)36-16-9-5-2-6-10-16/h1-14H,33-34H2. The van der Waals surface area contributed by atoms with Gasteiger partial charge in [0.05, 0.1) is 16.8 Å². The normalized spacial score (nSPS) is 11.8. The summed E-state index contributed by atoms with van der Waals surface area (Å²) in [6, 6.07) is 20.2. The summed E-state index contributed by atoms with van der Waals surface area (Å²) in [5.41, 5.74) is 7.23. The Kier molecular flexibility index (Phi) is 6.45. The fourth-order valence-electron chi connectivity index (χ4n) is 3.54. The fraction of sp³-hybridized carbons (Fsp3) is 0.0769. The summed E-state index contributed by atoms with van der Waals surface area (Å²) in [6.45, 7) is 0. The van der Waals surface area contributed by atoms with Crippen LogP contribution in [-0.4, -0.2) is 0 Å². The molecule has 0 heterocycles. The van der Waals surface area contributed by atoms with E-state index in [0.717, 1.165) is 0 Å². The summed E-state index contributed by atoms with van der Waals surface area (Å²) < 4.78 is 92.4. The number of rotatable bonds is 5. The molecule has 10 heteroatoms. The van der Waals surface area contributed by atoms with E-state index >= 15 is 0 Å².